The molecule has 0 amide bonds. The molecule has 0 bridgehead atoms. The van der Waals surface area contributed by atoms with Crippen molar-refractivity contribution < 1.29 is 24.8 Å². The molecule has 8 nitrogen and oxygen atoms in total. The monoisotopic (exact) mass is 286 g/mol. The summed E-state index contributed by atoms with van der Waals surface area (Å²) in [7, 11) is 0. The number of hydrogen-bond donors (Lipinski definition) is 3. The predicted octanol–water partition coefficient (Wildman–Crippen LogP) is -1.36. The molecule has 8 heteroatoms. The predicted molar refractivity (Wildman–Crippen MR) is 67.3 cm³/mol. The third-order valence-electron chi connectivity index (χ3n) is 3.28. The molecule has 0 unspecified atom stereocenters. The van der Waals surface area contributed by atoms with Crippen LogP contribution in [0.2, 0.25) is 0 Å². The highest BCUT2D eigenvalue weighted by Crippen LogP contribution is 2.37. The van der Waals surface area contributed by atoms with Gasteiger partial charge in [0.1, 0.15) is 17.8 Å². The number of rotatable bonds is 4. The molecule has 0 aliphatic carbocycles. The van der Waals surface area contributed by atoms with Gasteiger partial charge in [-0.1, -0.05) is 0 Å². The highest BCUT2D eigenvalue weighted by molar-refractivity contribution is 5.08. The van der Waals surface area contributed by atoms with Gasteiger partial charge < -0.3 is 24.8 Å². The molecule has 1 aliphatic heterocycles. The Balaban J connectivity index is 2.34. The second-order valence-corrected chi connectivity index (χ2v) is 4.77. The number of aliphatic hydroxyl groups excluding tert-OH is 2. The van der Waals surface area contributed by atoms with Crippen LogP contribution in [0.3, 0.4) is 0 Å². The average Bonchev–Trinajstić information content (AvgIpc) is 2.62. The molecule has 112 valence electrons. The van der Waals surface area contributed by atoms with Gasteiger partial charge in [-0.15, -0.1) is 0 Å². The standard InChI is InChI=1S/C12H18N2O6/c1-3-19-8-4-5-14(11(17)13-8)10-12(2,18)9(16)7(6-15)20-10/h4-5,7,9-10,15-16,18H,3,6H2,1-2H3/t7-,9-,10-,12+/m1/s1. The molecule has 0 saturated carbocycles. The third kappa shape index (κ3) is 2.42. The van der Waals surface area contributed by atoms with Crippen molar-refractivity contribution in [3.63, 3.8) is 0 Å². The summed E-state index contributed by atoms with van der Waals surface area (Å²) in [5.74, 6) is 0.172. The van der Waals surface area contributed by atoms with E-state index in [0.717, 1.165) is 4.57 Å². The van der Waals surface area contributed by atoms with Crippen LogP contribution in [0.1, 0.15) is 20.1 Å². The lowest BCUT2D eigenvalue weighted by molar-refractivity contribution is -0.0988. The Morgan fingerprint density at radius 3 is 2.80 bits per heavy atom. The van der Waals surface area contributed by atoms with Crippen LogP contribution in [-0.2, 0) is 4.74 Å². The molecule has 4 atom stereocenters. The molecule has 2 rings (SSSR count). The molecule has 1 aromatic heterocycles. The van der Waals surface area contributed by atoms with E-state index in [1.807, 2.05) is 0 Å². The van der Waals surface area contributed by atoms with Crippen molar-refractivity contribution in [2.75, 3.05) is 13.2 Å². The first kappa shape index (κ1) is 14.9. The summed E-state index contributed by atoms with van der Waals surface area (Å²) < 4.78 is 11.5. The van der Waals surface area contributed by atoms with Crippen LogP contribution >= 0.6 is 0 Å². The van der Waals surface area contributed by atoms with Gasteiger partial charge in [0, 0.05) is 12.3 Å². The third-order valence-corrected chi connectivity index (χ3v) is 3.28. The minimum Gasteiger partial charge on any atom is -0.478 e. The van der Waals surface area contributed by atoms with Crippen molar-refractivity contribution in [2.24, 2.45) is 0 Å². The van der Waals surface area contributed by atoms with Gasteiger partial charge in [-0.3, -0.25) is 4.57 Å². The largest absolute Gasteiger partial charge is 0.478 e. The van der Waals surface area contributed by atoms with E-state index in [9.17, 15) is 15.0 Å². The highest BCUT2D eigenvalue weighted by atomic mass is 16.6. The van der Waals surface area contributed by atoms with Gasteiger partial charge in [0.15, 0.2) is 6.23 Å². The summed E-state index contributed by atoms with van der Waals surface area (Å²) >= 11 is 0. The Morgan fingerprint density at radius 1 is 1.60 bits per heavy atom. The number of ether oxygens (including phenoxy) is 2. The van der Waals surface area contributed by atoms with Crippen molar-refractivity contribution in [3.8, 4) is 5.88 Å². The van der Waals surface area contributed by atoms with E-state index in [4.69, 9.17) is 14.6 Å². The molecule has 0 spiro atoms. The molecular weight excluding hydrogens is 268 g/mol. The lowest BCUT2D eigenvalue weighted by Crippen LogP contribution is -2.46. The van der Waals surface area contributed by atoms with Crippen LogP contribution in [0, 0.1) is 0 Å². The summed E-state index contributed by atoms with van der Waals surface area (Å²) in [6.07, 6.45) is -2.04. The molecule has 1 aliphatic rings. The molecule has 0 radical (unpaired) electrons. The molecule has 1 saturated heterocycles. The molecular formula is C12H18N2O6. The second kappa shape index (κ2) is 5.49. The van der Waals surface area contributed by atoms with E-state index in [2.05, 4.69) is 4.98 Å². The summed E-state index contributed by atoms with van der Waals surface area (Å²) in [6.45, 7) is 3.01. The van der Waals surface area contributed by atoms with Crippen LogP contribution in [-0.4, -0.2) is 55.9 Å². The second-order valence-electron chi connectivity index (χ2n) is 4.77. The van der Waals surface area contributed by atoms with Crippen LogP contribution in [0.15, 0.2) is 17.1 Å². The maximum absolute atomic E-state index is 11.9. The topological polar surface area (TPSA) is 114 Å². The molecule has 1 aromatic rings. The zero-order valence-corrected chi connectivity index (χ0v) is 11.3. The minimum atomic E-state index is -1.72. The Morgan fingerprint density at radius 2 is 2.30 bits per heavy atom. The Bertz CT molecular complexity index is 529. The van der Waals surface area contributed by atoms with E-state index in [1.165, 1.54) is 19.2 Å². The number of aromatic nitrogens is 2. The van der Waals surface area contributed by atoms with E-state index >= 15 is 0 Å². The zero-order valence-electron chi connectivity index (χ0n) is 11.3. The van der Waals surface area contributed by atoms with Crippen LogP contribution in [0.25, 0.3) is 0 Å². The van der Waals surface area contributed by atoms with E-state index < -0.39 is 36.3 Å². The Hall–Kier alpha value is -1.48. The number of nitrogens with zero attached hydrogens (tertiary/aromatic N) is 2. The van der Waals surface area contributed by atoms with Gasteiger partial charge in [-0.2, -0.15) is 4.98 Å². The summed E-state index contributed by atoms with van der Waals surface area (Å²) in [6, 6.07) is 1.46. The van der Waals surface area contributed by atoms with Gasteiger partial charge >= 0.3 is 5.69 Å². The van der Waals surface area contributed by atoms with Crippen LogP contribution in [0.5, 0.6) is 5.88 Å². The van der Waals surface area contributed by atoms with Crippen molar-refractivity contribution >= 4 is 0 Å². The first-order valence-electron chi connectivity index (χ1n) is 6.30. The van der Waals surface area contributed by atoms with Gasteiger partial charge in [0.25, 0.3) is 0 Å². The quantitative estimate of drug-likeness (QED) is 0.626. The van der Waals surface area contributed by atoms with Gasteiger partial charge in [-0.25, -0.2) is 4.79 Å². The maximum atomic E-state index is 11.9. The summed E-state index contributed by atoms with van der Waals surface area (Å²) in [5.41, 5.74) is -2.39. The van der Waals surface area contributed by atoms with E-state index in [-0.39, 0.29) is 5.88 Å². The van der Waals surface area contributed by atoms with E-state index in [1.54, 1.807) is 6.92 Å². The molecule has 0 aromatic carbocycles. The van der Waals surface area contributed by atoms with Gasteiger partial charge in [0.2, 0.25) is 5.88 Å². The fourth-order valence-electron chi connectivity index (χ4n) is 2.19. The highest BCUT2D eigenvalue weighted by Gasteiger charge is 2.53. The molecule has 3 N–H and O–H groups in total. The Kier molecular flexibility index (Phi) is 4.09. The average molecular weight is 286 g/mol. The first-order valence-corrected chi connectivity index (χ1v) is 6.30. The fraction of sp³-hybridized carbons (Fsp3) is 0.667. The fourth-order valence-corrected chi connectivity index (χ4v) is 2.19. The summed E-state index contributed by atoms with van der Waals surface area (Å²) in [5, 5.41) is 29.3. The molecule has 20 heavy (non-hydrogen) atoms. The summed E-state index contributed by atoms with van der Waals surface area (Å²) in [4.78, 5) is 15.6. The smallest absolute Gasteiger partial charge is 0.353 e. The molecule has 1 fully saturated rings. The van der Waals surface area contributed by atoms with Gasteiger partial charge in [0.05, 0.1) is 13.2 Å². The van der Waals surface area contributed by atoms with Crippen LogP contribution in [0.4, 0.5) is 0 Å². The Labute approximate surface area is 115 Å². The van der Waals surface area contributed by atoms with Crippen molar-refractivity contribution in [3.05, 3.63) is 22.7 Å². The zero-order chi connectivity index (χ0) is 14.9. The van der Waals surface area contributed by atoms with Crippen molar-refractivity contribution in [1.82, 2.24) is 9.55 Å². The lowest BCUT2D eigenvalue weighted by Gasteiger charge is -2.27. The number of aliphatic hydroxyl groups is 3. The van der Waals surface area contributed by atoms with Crippen molar-refractivity contribution in [2.45, 2.75) is 37.9 Å². The molecule has 2 heterocycles. The minimum absolute atomic E-state index is 0.172. The van der Waals surface area contributed by atoms with Crippen molar-refractivity contribution in [1.29, 1.82) is 0 Å². The number of hydrogen-bond acceptors (Lipinski definition) is 7. The lowest BCUT2D eigenvalue weighted by atomic mass is 9.96. The van der Waals surface area contributed by atoms with Gasteiger partial charge in [-0.05, 0) is 13.8 Å². The maximum Gasteiger partial charge on any atom is 0.353 e. The van der Waals surface area contributed by atoms with E-state index in [0.29, 0.717) is 6.61 Å². The normalized spacial score (nSPS) is 33.4. The first-order chi connectivity index (χ1) is 9.41. The van der Waals surface area contributed by atoms with Crippen LogP contribution < -0.4 is 10.4 Å². The SMILES string of the molecule is CCOc1ccn([C@@H]2O[C@H](CO)[C@@H](O)[C@]2(C)O)c(=O)n1.